The van der Waals surface area contributed by atoms with E-state index in [0.717, 1.165) is 0 Å². The molecule has 1 aromatic carbocycles. The van der Waals surface area contributed by atoms with Crippen LogP contribution in [0.15, 0.2) is 18.2 Å². The summed E-state index contributed by atoms with van der Waals surface area (Å²) in [7, 11) is 0. The molecule has 4 heteroatoms. The maximum atomic E-state index is 10.6. The third-order valence-corrected chi connectivity index (χ3v) is 1.89. The van der Waals surface area contributed by atoms with Crippen molar-refractivity contribution in [2.24, 2.45) is 0 Å². The second-order valence-corrected chi connectivity index (χ2v) is 3.55. The van der Waals surface area contributed by atoms with Gasteiger partial charge in [-0.3, -0.25) is 0 Å². The van der Waals surface area contributed by atoms with Gasteiger partial charge in [0.1, 0.15) is 0 Å². The number of carbonyl (C=O) groups is 1. The lowest BCUT2D eigenvalue weighted by Crippen LogP contribution is -2.29. The number of aromatic carboxylic acids is 1. The van der Waals surface area contributed by atoms with E-state index in [0.29, 0.717) is 11.5 Å². The summed E-state index contributed by atoms with van der Waals surface area (Å²) in [5.41, 5.74) is 0.0880. The number of benzene rings is 1. The number of ether oxygens (including phenoxy) is 2. The molecule has 1 aliphatic heterocycles. The third-order valence-electron chi connectivity index (χ3n) is 1.89. The Bertz CT molecular complexity index is 395. The molecule has 1 aromatic rings. The molecule has 0 bridgehead atoms. The average molecular weight is 193 g/mol. The molecule has 0 saturated heterocycles. The minimum atomic E-state index is -1.22. The predicted molar refractivity (Wildman–Crippen MR) is 46.1 cm³/mol. The van der Waals surface area contributed by atoms with Crippen molar-refractivity contribution in [1.29, 1.82) is 0 Å². The molecule has 1 aliphatic rings. The van der Waals surface area contributed by atoms with Gasteiger partial charge in [-0.15, -0.1) is 0 Å². The molecule has 0 saturated carbocycles. The highest BCUT2D eigenvalue weighted by molar-refractivity contribution is 5.86. The Morgan fingerprint density at radius 3 is 2.57 bits per heavy atom. The van der Waals surface area contributed by atoms with E-state index >= 15 is 0 Å². The summed E-state index contributed by atoms with van der Waals surface area (Å²) in [6.45, 7) is 3.51. The molecular formula is C10H9O4-. The van der Waals surface area contributed by atoms with Crippen molar-refractivity contribution in [3.05, 3.63) is 23.8 Å². The second-order valence-electron chi connectivity index (χ2n) is 3.55. The Labute approximate surface area is 81.1 Å². The SMILES string of the molecule is CC1(C)Oc2ccc(C(=O)[O-])cc2O1. The lowest BCUT2D eigenvalue weighted by molar-refractivity contribution is -0.255. The van der Waals surface area contributed by atoms with E-state index in [9.17, 15) is 9.90 Å². The van der Waals surface area contributed by atoms with Gasteiger partial charge in [0.15, 0.2) is 11.5 Å². The van der Waals surface area contributed by atoms with Gasteiger partial charge in [-0.1, -0.05) is 0 Å². The molecule has 0 radical (unpaired) electrons. The Balaban J connectivity index is 2.40. The van der Waals surface area contributed by atoms with Crippen LogP contribution in [-0.2, 0) is 0 Å². The minimum absolute atomic E-state index is 0.0880. The number of carbonyl (C=O) groups excluding carboxylic acids is 1. The topological polar surface area (TPSA) is 58.6 Å². The molecule has 0 spiro atoms. The third kappa shape index (κ3) is 1.39. The van der Waals surface area contributed by atoms with Crippen molar-refractivity contribution >= 4 is 5.97 Å². The first-order valence-corrected chi connectivity index (χ1v) is 4.21. The van der Waals surface area contributed by atoms with Crippen molar-refractivity contribution in [3.63, 3.8) is 0 Å². The van der Waals surface area contributed by atoms with E-state index in [-0.39, 0.29) is 5.56 Å². The number of hydrogen-bond acceptors (Lipinski definition) is 4. The first kappa shape index (κ1) is 8.87. The Morgan fingerprint density at radius 2 is 1.93 bits per heavy atom. The number of carboxylic acids is 1. The molecule has 0 fully saturated rings. The molecule has 14 heavy (non-hydrogen) atoms. The zero-order valence-corrected chi connectivity index (χ0v) is 7.87. The molecule has 4 nitrogen and oxygen atoms in total. The summed E-state index contributed by atoms with van der Waals surface area (Å²) < 4.78 is 10.8. The van der Waals surface area contributed by atoms with Crippen LogP contribution in [0.4, 0.5) is 0 Å². The van der Waals surface area contributed by atoms with Gasteiger partial charge in [-0.25, -0.2) is 0 Å². The monoisotopic (exact) mass is 193 g/mol. The van der Waals surface area contributed by atoms with Crippen LogP contribution >= 0.6 is 0 Å². The summed E-state index contributed by atoms with van der Waals surface area (Å²) in [5.74, 6) is -0.954. The summed E-state index contributed by atoms with van der Waals surface area (Å²) in [6.07, 6.45) is 0. The van der Waals surface area contributed by atoms with Crippen molar-refractivity contribution in [3.8, 4) is 11.5 Å². The molecular weight excluding hydrogens is 184 g/mol. The maximum absolute atomic E-state index is 10.6. The Hall–Kier alpha value is -1.71. The van der Waals surface area contributed by atoms with Crippen LogP contribution in [0.3, 0.4) is 0 Å². The van der Waals surface area contributed by atoms with Gasteiger partial charge >= 0.3 is 0 Å². The highest BCUT2D eigenvalue weighted by Gasteiger charge is 2.31. The molecule has 74 valence electrons. The molecule has 1 heterocycles. The summed E-state index contributed by atoms with van der Waals surface area (Å²) in [5, 5.41) is 10.6. The predicted octanol–water partition coefficient (Wildman–Crippen LogP) is 0.557. The van der Waals surface area contributed by atoms with Gasteiger partial charge in [-0.05, 0) is 18.2 Å². The molecule has 0 atom stereocenters. The van der Waals surface area contributed by atoms with E-state index in [2.05, 4.69) is 0 Å². The maximum Gasteiger partial charge on any atom is 0.246 e. The largest absolute Gasteiger partial charge is 0.545 e. The summed E-state index contributed by atoms with van der Waals surface area (Å²) in [4.78, 5) is 10.6. The highest BCUT2D eigenvalue weighted by Crippen LogP contribution is 2.39. The van der Waals surface area contributed by atoms with Gasteiger partial charge in [0.25, 0.3) is 0 Å². The smallest absolute Gasteiger partial charge is 0.246 e. The lowest BCUT2D eigenvalue weighted by Gasteiger charge is -2.16. The first-order chi connectivity index (χ1) is 6.48. The first-order valence-electron chi connectivity index (χ1n) is 4.21. The van der Waals surface area contributed by atoms with E-state index < -0.39 is 11.8 Å². The van der Waals surface area contributed by atoms with Gasteiger partial charge in [0.2, 0.25) is 5.79 Å². The Kier molecular flexibility index (Phi) is 1.67. The highest BCUT2D eigenvalue weighted by atomic mass is 16.7. The van der Waals surface area contributed by atoms with Gasteiger partial charge in [-0.2, -0.15) is 0 Å². The molecule has 0 aromatic heterocycles. The van der Waals surface area contributed by atoms with Gasteiger partial charge < -0.3 is 19.4 Å². The fraction of sp³-hybridized carbons (Fsp3) is 0.300. The summed E-state index contributed by atoms with van der Waals surface area (Å²) >= 11 is 0. The van der Waals surface area contributed by atoms with Crippen LogP contribution in [0.25, 0.3) is 0 Å². The van der Waals surface area contributed by atoms with E-state index in [1.54, 1.807) is 19.9 Å². The van der Waals surface area contributed by atoms with Crippen LogP contribution in [-0.4, -0.2) is 11.8 Å². The summed E-state index contributed by atoms with van der Waals surface area (Å²) in [6, 6.07) is 4.40. The van der Waals surface area contributed by atoms with Crippen LogP contribution in [0.2, 0.25) is 0 Å². The number of rotatable bonds is 1. The van der Waals surface area contributed by atoms with Crippen molar-refractivity contribution < 1.29 is 19.4 Å². The van der Waals surface area contributed by atoms with Crippen LogP contribution < -0.4 is 14.6 Å². The molecule has 0 unspecified atom stereocenters. The normalized spacial score (nSPS) is 16.7. The van der Waals surface area contributed by atoms with Crippen molar-refractivity contribution in [2.75, 3.05) is 0 Å². The molecule has 0 N–H and O–H groups in total. The number of hydrogen-bond donors (Lipinski definition) is 0. The van der Waals surface area contributed by atoms with Crippen molar-refractivity contribution in [2.45, 2.75) is 19.6 Å². The van der Waals surface area contributed by atoms with E-state index in [1.807, 2.05) is 0 Å². The van der Waals surface area contributed by atoms with E-state index in [4.69, 9.17) is 9.47 Å². The van der Waals surface area contributed by atoms with E-state index in [1.165, 1.54) is 12.1 Å². The fourth-order valence-corrected chi connectivity index (χ4v) is 1.35. The lowest BCUT2D eigenvalue weighted by atomic mass is 10.2. The van der Waals surface area contributed by atoms with Gasteiger partial charge in [0, 0.05) is 19.4 Å². The van der Waals surface area contributed by atoms with Crippen LogP contribution in [0.1, 0.15) is 24.2 Å². The zero-order valence-electron chi connectivity index (χ0n) is 7.87. The van der Waals surface area contributed by atoms with Crippen LogP contribution in [0.5, 0.6) is 11.5 Å². The fourth-order valence-electron chi connectivity index (χ4n) is 1.35. The van der Waals surface area contributed by atoms with Crippen LogP contribution in [0, 0.1) is 0 Å². The standard InChI is InChI=1S/C10H10O4/c1-10(2)13-7-4-3-6(9(11)12)5-8(7)14-10/h3-5H,1-2H3,(H,11,12)/p-1. The molecule has 2 rings (SSSR count). The second kappa shape index (κ2) is 2.64. The minimum Gasteiger partial charge on any atom is -0.545 e. The zero-order chi connectivity index (χ0) is 10.3. The average Bonchev–Trinajstić information content (AvgIpc) is 2.36. The van der Waals surface area contributed by atoms with Gasteiger partial charge in [0.05, 0.1) is 5.97 Å². The Morgan fingerprint density at radius 1 is 1.29 bits per heavy atom. The number of fused-ring (bicyclic) bond motifs is 1. The van der Waals surface area contributed by atoms with Crippen molar-refractivity contribution in [1.82, 2.24) is 0 Å². The quantitative estimate of drug-likeness (QED) is 0.653. The number of carboxylic acid groups (broad SMARTS) is 1. The molecule has 0 aliphatic carbocycles. The molecule has 0 amide bonds.